The van der Waals surface area contributed by atoms with E-state index in [2.05, 4.69) is 5.32 Å². The van der Waals surface area contributed by atoms with Crippen LogP contribution in [0.2, 0.25) is 5.02 Å². The fourth-order valence-corrected chi connectivity index (χ4v) is 4.15. The van der Waals surface area contributed by atoms with Crippen molar-refractivity contribution in [2.75, 3.05) is 11.9 Å². The number of nitrogens with one attached hydrogen (secondary N) is 1. The van der Waals surface area contributed by atoms with Gasteiger partial charge >= 0.3 is 6.18 Å². The molecule has 1 aliphatic rings. The molecule has 30 heavy (non-hydrogen) atoms. The molecule has 2 heterocycles. The van der Waals surface area contributed by atoms with Gasteiger partial charge in [-0.2, -0.15) is 13.2 Å². The van der Waals surface area contributed by atoms with E-state index in [1.165, 1.54) is 17.2 Å². The topological polar surface area (TPSA) is 62.6 Å². The van der Waals surface area contributed by atoms with Gasteiger partial charge in [0, 0.05) is 24.7 Å². The molecule has 158 valence electrons. The van der Waals surface area contributed by atoms with Crippen LogP contribution in [0.1, 0.15) is 24.2 Å². The van der Waals surface area contributed by atoms with E-state index in [1.54, 1.807) is 18.2 Å². The first-order valence-electron chi connectivity index (χ1n) is 8.60. The molecule has 2 amide bonds. The molecule has 0 aliphatic carbocycles. The van der Waals surface area contributed by atoms with Crippen molar-refractivity contribution < 1.29 is 27.2 Å². The SMILES string of the molecule is O=C(CCCN1C(=O)/C(=C\c2ccco2)SC1=S)Nc1ccc(Cl)c(C(F)(F)F)c1. The van der Waals surface area contributed by atoms with Gasteiger partial charge in [0.15, 0.2) is 0 Å². The second-order valence-electron chi connectivity index (χ2n) is 6.19. The maximum atomic E-state index is 12.9. The molecule has 1 aromatic carbocycles. The zero-order valence-electron chi connectivity index (χ0n) is 15.2. The highest BCUT2D eigenvalue weighted by Crippen LogP contribution is 2.36. The lowest BCUT2D eigenvalue weighted by Crippen LogP contribution is -2.29. The summed E-state index contributed by atoms with van der Waals surface area (Å²) >= 11 is 11.9. The third-order valence-corrected chi connectivity index (χ3v) is 5.74. The van der Waals surface area contributed by atoms with Crippen molar-refractivity contribution in [1.82, 2.24) is 4.90 Å². The third-order valence-electron chi connectivity index (χ3n) is 4.03. The fourth-order valence-electron chi connectivity index (χ4n) is 2.64. The Hall–Kier alpha value is -2.30. The summed E-state index contributed by atoms with van der Waals surface area (Å²) in [6.45, 7) is 0.210. The Morgan fingerprint density at radius 3 is 2.77 bits per heavy atom. The largest absolute Gasteiger partial charge is 0.465 e. The second-order valence-corrected chi connectivity index (χ2v) is 8.28. The summed E-state index contributed by atoms with van der Waals surface area (Å²) in [4.78, 5) is 26.3. The van der Waals surface area contributed by atoms with Crippen LogP contribution < -0.4 is 5.32 Å². The minimum Gasteiger partial charge on any atom is -0.465 e. The van der Waals surface area contributed by atoms with E-state index in [0.717, 1.165) is 23.9 Å². The molecule has 5 nitrogen and oxygen atoms in total. The normalized spacial score (nSPS) is 15.9. The Morgan fingerprint density at radius 2 is 2.10 bits per heavy atom. The molecule has 0 saturated carbocycles. The number of halogens is 4. The molecule has 11 heteroatoms. The summed E-state index contributed by atoms with van der Waals surface area (Å²) in [5, 5.41) is 1.96. The van der Waals surface area contributed by atoms with Gasteiger partial charge in [-0.15, -0.1) is 0 Å². The molecule has 0 radical (unpaired) electrons. The van der Waals surface area contributed by atoms with E-state index in [-0.39, 0.29) is 31.0 Å². The minimum atomic E-state index is -4.62. The quantitative estimate of drug-likeness (QED) is 0.438. The maximum Gasteiger partial charge on any atom is 0.417 e. The number of thiocarbonyl (C=S) groups is 1. The molecular weight excluding hydrogens is 461 g/mol. The predicted molar refractivity (Wildman–Crippen MR) is 113 cm³/mol. The molecule has 1 fully saturated rings. The Morgan fingerprint density at radius 1 is 1.33 bits per heavy atom. The number of nitrogens with zero attached hydrogens (tertiary/aromatic N) is 1. The Labute approximate surface area is 184 Å². The summed E-state index contributed by atoms with van der Waals surface area (Å²) in [5.74, 6) is -0.243. The van der Waals surface area contributed by atoms with Crippen LogP contribution in [0.5, 0.6) is 0 Å². The number of carbonyl (C=O) groups excluding carboxylic acids is 2. The van der Waals surface area contributed by atoms with Gasteiger partial charge in [0.2, 0.25) is 5.91 Å². The Kier molecular flexibility index (Phi) is 6.89. The molecule has 1 aromatic heterocycles. The standard InChI is InChI=1S/C19H14ClF3N2O3S2/c20-14-6-5-11(9-13(14)19(21,22)23)24-16(26)4-1-7-25-17(27)15(30-18(25)29)10-12-3-2-8-28-12/h2-3,5-6,8-10H,1,4,7H2,(H,24,26)/b15-10+. The van der Waals surface area contributed by atoms with Crippen LogP contribution >= 0.6 is 35.6 Å². The molecule has 0 spiro atoms. The third kappa shape index (κ3) is 5.44. The Bertz CT molecular complexity index is 1010. The number of hydrogen-bond donors (Lipinski definition) is 1. The summed E-state index contributed by atoms with van der Waals surface area (Å²) in [6, 6.07) is 6.55. The first kappa shape index (κ1) is 22.4. The lowest BCUT2D eigenvalue weighted by atomic mass is 10.2. The van der Waals surface area contributed by atoms with Crippen molar-refractivity contribution in [3.63, 3.8) is 0 Å². The molecule has 1 aliphatic heterocycles. The first-order valence-corrected chi connectivity index (χ1v) is 10.2. The van der Waals surface area contributed by atoms with Gasteiger partial charge in [0.05, 0.1) is 21.8 Å². The molecule has 1 N–H and O–H groups in total. The van der Waals surface area contributed by atoms with Crippen molar-refractivity contribution in [2.45, 2.75) is 19.0 Å². The highest BCUT2D eigenvalue weighted by molar-refractivity contribution is 8.26. The molecule has 3 rings (SSSR count). The van der Waals surface area contributed by atoms with E-state index < -0.39 is 22.7 Å². The second kappa shape index (κ2) is 9.23. The first-order chi connectivity index (χ1) is 14.1. The summed E-state index contributed by atoms with van der Waals surface area (Å²) in [6.07, 6.45) is -1.26. The Balaban J connectivity index is 1.54. The van der Waals surface area contributed by atoms with Crippen LogP contribution in [0.15, 0.2) is 45.9 Å². The molecule has 0 unspecified atom stereocenters. The number of hydrogen-bond acceptors (Lipinski definition) is 5. The van der Waals surface area contributed by atoms with Crippen molar-refractivity contribution in [3.8, 4) is 0 Å². The number of alkyl halides is 3. The lowest BCUT2D eigenvalue weighted by Gasteiger charge is -2.14. The summed E-state index contributed by atoms with van der Waals surface area (Å²) in [7, 11) is 0. The molecular formula is C19H14ClF3N2O3S2. The number of carbonyl (C=O) groups is 2. The number of anilines is 1. The van der Waals surface area contributed by atoms with Crippen molar-refractivity contribution in [2.24, 2.45) is 0 Å². The van der Waals surface area contributed by atoms with Crippen LogP contribution in [0.3, 0.4) is 0 Å². The van der Waals surface area contributed by atoms with Gasteiger partial charge in [-0.3, -0.25) is 14.5 Å². The van der Waals surface area contributed by atoms with Gasteiger partial charge in [0.1, 0.15) is 10.1 Å². The van der Waals surface area contributed by atoms with E-state index in [9.17, 15) is 22.8 Å². The van der Waals surface area contributed by atoms with Crippen molar-refractivity contribution in [3.05, 3.63) is 57.8 Å². The summed E-state index contributed by atoms with van der Waals surface area (Å²) in [5.41, 5.74) is -1.04. The number of amides is 2. The van der Waals surface area contributed by atoms with E-state index >= 15 is 0 Å². The average molecular weight is 475 g/mol. The van der Waals surface area contributed by atoms with Gasteiger partial charge in [-0.1, -0.05) is 35.6 Å². The van der Waals surface area contributed by atoms with Crippen LogP contribution in [0.25, 0.3) is 6.08 Å². The van der Waals surface area contributed by atoms with Crippen LogP contribution in [-0.4, -0.2) is 27.6 Å². The van der Waals surface area contributed by atoms with Crippen LogP contribution in [0, 0.1) is 0 Å². The predicted octanol–water partition coefficient (Wildman–Crippen LogP) is 5.57. The zero-order chi connectivity index (χ0) is 21.9. The van der Waals surface area contributed by atoms with Gasteiger partial charge in [-0.05, 0) is 36.8 Å². The number of benzene rings is 1. The van der Waals surface area contributed by atoms with E-state index in [4.69, 9.17) is 28.2 Å². The smallest absolute Gasteiger partial charge is 0.417 e. The minimum absolute atomic E-state index is 0.00172. The molecule has 0 bridgehead atoms. The van der Waals surface area contributed by atoms with Crippen LogP contribution in [0.4, 0.5) is 18.9 Å². The average Bonchev–Trinajstić information content (AvgIpc) is 3.26. The monoisotopic (exact) mass is 474 g/mol. The van der Waals surface area contributed by atoms with Gasteiger partial charge in [0.25, 0.3) is 5.91 Å². The molecule has 2 aromatic rings. The van der Waals surface area contributed by atoms with Gasteiger partial charge in [-0.25, -0.2) is 0 Å². The van der Waals surface area contributed by atoms with Crippen molar-refractivity contribution >= 4 is 63.5 Å². The maximum absolute atomic E-state index is 12.9. The van der Waals surface area contributed by atoms with Crippen LogP contribution in [-0.2, 0) is 15.8 Å². The van der Waals surface area contributed by atoms with E-state index in [0.29, 0.717) is 15.0 Å². The highest BCUT2D eigenvalue weighted by atomic mass is 35.5. The highest BCUT2D eigenvalue weighted by Gasteiger charge is 2.34. The van der Waals surface area contributed by atoms with E-state index in [1.807, 2.05) is 0 Å². The molecule has 0 atom stereocenters. The number of thioether (sulfide) groups is 1. The fraction of sp³-hybridized carbons (Fsp3) is 0.211. The summed E-state index contributed by atoms with van der Waals surface area (Å²) < 4.78 is 44.3. The molecule has 1 saturated heterocycles. The van der Waals surface area contributed by atoms with Gasteiger partial charge < -0.3 is 9.73 Å². The lowest BCUT2D eigenvalue weighted by molar-refractivity contribution is -0.137. The number of furan rings is 1. The zero-order valence-corrected chi connectivity index (χ0v) is 17.6. The number of rotatable bonds is 6. The van der Waals surface area contributed by atoms with Crippen molar-refractivity contribution in [1.29, 1.82) is 0 Å².